The summed E-state index contributed by atoms with van der Waals surface area (Å²) >= 11 is 0. The molecule has 0 radical (unpaired) electrons. The molecule has 0 atom stereocenters. The summed E-state index contributed by atoms with van der Waals surface area (Å²) in [6, 6.07) is 3.45. The molecule has 0 unspecified atom stereocenters. The fourth-order valence-electron chi connectivity index (χ4n) is 1.06. The Balaban J connectivity index is 2.70. The molecule has 0 aliphatic carbocycles. The molecule has 0 aliphatic rings. The van der Waals surface area contributed by atoms with Crippen molar-refractivity contribution in [2.45, 2.75) is 6.92 Å². The van der Waals surface area contributed by atoms with Gasteiger partial charge in [-0.15, -0.1) is 0 Å². The fourth-order valence-corrected chi connectivity index (χ4v) is 1.06. The average molecular weight is 210 g/mol. The highest BCUT2D eigenvalue weighted by atomic mass is 16.5. The van der Waals surface area contributed by atoms with E-state index in [4.69, 9.17) is 9.47 Å². The van der Waals surface area contributed by atoms with Crippen LogP contribution in [0, 0.1) is 0 Å². The molecule has 5 heteroatoms. The van der Waals surface area contributed by atoms with Crippen molar-refractivity contribution in [2.24, 2.45) is 0 Å². The van der Waals surface area contributed by atoms with Crippen molar-refractivity contribution in [1.82, 2.24) is 4.98 Å². The zero-order valence-corrected chi connectivity index (χ0v) is 8.82. The maximum Gasteiger partial charge on any atom is 0.250 e. The minimum Gasteiger partial charge on any atom is -0.476 e. The van der Waals surface area contributed by atoms with E-state index in [1.165, 1.54) is 7.11 Å². The summed E-state index contributed by atoms with van der Waals surface area (Å²) in [5.41, 5.74) is 0.557. The maximum atomic E-state index is 11.2. The highest BCUT2D eigenvalue weighted by molar-refractivity contribution is 5.92. The molecule has 0 saturated heterocycles. The average Bonchev–Trinajstić information content (AvgIpc) is 2.21. The Kier molecular flexibility index (Phi) is 4.56. The minimum atomic E-state index is -0.230. The number of carbonyl (C=O) groups excluding carboxylic acids is 1. The van der Waals surface area contributed by atoms with Gasteiger partial charge in [-0.05, 0) is 19.1 Å². The van der Waals surface area contributed by atoms with Crippen molar-refractivity contribution in [3.05, 3.63) is 18.3 Å². The van der Waals surface area contributed by atoms with Gasteiger partial charge in [-0.3, -0.25) is 4.79 Å². The van der Waals surface area contributed by atoms with Crippen molar-refractivity contribution >= 4 is 11.6 Å². The van der Waals surface area contributed by atoms with Crippen LogP contribution in [0.25, 0.3) is 0 Å². The number of hydrogen-bond acceptors (Lipinski definition) is 4. The molecule has 82 valence electrons. The summed E-state index contributed by atoms with van der Waals surface area (Å²) in [5.74, 6) is 0.191. The number of nitrogens with zero attached hydrogens (tertiary/aromatic N) is 1. The Morgan fingerprint density at radius 2 is 2.40 bits per heavy atom. The molecule has 1 rings (SSSR count). The van der Waals surface area contributed by atoms with E-state index in [1.54, 1.807) is 18.3 Å². The largest absolute Gasteiger partial charge is 0.476 e. The highest BCUT2D eigenvalue weighted by Crippen LogP contribution is 2.19. The highest BCUT2D eigenvalue weighted by Gasteiger charge is 2.07. The summed E-state index contributed by atoms with van der Waals surface area (Å²) in [6.07, 6.45) is 1.61. The molecule has 1 aromatic heterocycles. The predicted molar refractivity (Wildman–Crippen MR) is 55.9 cm³/mol. The van der Waals surface area contributed by atoms with E-state index < -0.39 is 0 Å². The van der Waals surface area contributed by atoms with Crippen LogP contribution >= 0.6 is 0 Å². The number of amides is 1. The lowest BCUT2D eigenvalue weighted by Crippen LogP contribution is -2.18. The predicted octanol–water partition coefficient (Wildman–Crippen LogP) is 1.07. The molecule has 1 N–H and O–H groups in total. The van der Waals surface area contributed by atoms with E-state index in [2.05, 4.69) is 10.3 Å². The van der Waals surface area contributed by atoms with Crippen molar-refractivity contribution in [1.29, 1.82) is 0 Å². The summed E-state index contributed by atoms with van der Waals surface area (Å²) in [4.78, 5) is 15.3. The van der Waals surface area contributed by atoms with Crippen LogP contribution in [0.15, 0.2) is 18.3 Å². The second-order valence-electron chi connectivity index (χ2n) is 2.77. The first-order valence-electron chi connectivity index (χ1n) is 4.64. The number of nitrogens with one attached hydrogen (secondary N) is 1. The summed E-state index contributed by atoms with van der Waals surface area (Å²) in [5, 5.41) is 2.64. The number of methoxy groups -OCH3 is 1. The van der Waals surface area contributed by atoms with Crippen LogP contribution in [-0.2, 0) is 9.53 Å². The van der Waals surface area contributed by atoms with Crippen LogP contribution in [0.5, 0.6) is 5.88 Å². The minimum absolute atomic E-state index is 0.0143. The molecular weight excluding hydrogens is 196 g/mol. The van der Waals surface area contributed by atoms with Gasteiger partial charge in [0.05, 0.1) is 6.61 Å². The second-order valence-corrected chi connectivity index (χ2v) is 2.77. The monoisotopic (exact) mass is 210 g/mol. The number of ether oxygens (including phenoxy) is 2. The first-order valence-corrected chi connectivity index (χ1v) is 4.64. The van der Waals surface area contributed by atoms with E-state index in [1.807, 2.05) is 6.92 Å². The van der Waals surface area contributed by atoms with Gasteiger partial charge in [-0.25, -0.2) is 4.98 Å². The van der Waals surface area contributed by atoms with Crippen molar-refractivity contribution in [3.63, 3.8) is 0 Å². The van der Waals surface area contributed by atoms with E-state index in [9.17, 15) is 4.79 Å². The third kappa shape index (κ3) is 3.55. The molecule has 0 saturated carbocycles. The molecule has 0 aliphatic heterocycles. The van der Waals surface area contributed by atoms with Gasteiger partial charge in [-0.2, -0.15) is 0 Å². The smallest absolute Gasteiger partial charge is 0.250 e. The lowest BCUT2D eigenvalue weighted by Gasteiger charge is -2.09. The Morgan fingerprint density at radius 3 is 3.07 bits per heavy atom. The van der Waals surface area contributed by atoms with E-state index in [-0.39, 0.29) is 12.5 Å². The quantitative estimate of drug-likeness (QED) is 0.789. The van der Waals surface area contributed by atoms with Crippen LogP contribution in [0.4, 0.5) is 5.69 Å². The number of pyridine rings is 1. The van der Waals surface area contributed by atoms with Crippen molar-refractivity contribution in [2.75, 3.05) is 25.6 Å². The lowest BCUT2D eigenvalue weighted by atomic mass is 10.4. The maximum absolute atomic E-state index is 11.2. The van der Waals surface area contributed by atoms with Gasteiger partial charge in [0.1, 0.15) is 12.3 Å². The summed E-state index contributed by atoms with van der Waals surface area (Å²) < 4.78 is 9.95. The van der Waals surface area contributed by atoms with E-state index in [0.29, 0.717) is 18.2 Å². The topological polar surface area (TPSA) is 60.5 Å². The van der Waals surface area contributed by atoms with Crippen LogP contribution in [0.3, 0.4) is 0 Å². The Morgan fingerprint density at radius 1 is 1.60 bits per heavy atom. The normalized spacial score (nSPS) is 9.73. The van der Waals surface area contributed by atoms with Gasteiger partial charge in [0.2, 0.25) is 11.8 Å². The first-order chi connectivity index (χ1) is 7.27. The van der Waals surface area contributed by atoms with Crippen LogP contribution in [0.1, 0.15) is 6.92 Å². The lowest BCUT2D eigenvalue weighted by molar-refractivity contribution is -0.119. The third-order valence-electron chi connectivity index (χ3n) is 1.60. The number of anilines is 1. The molecular formula is C10H14N2O3. The molecule has 5 nitrogen and oxygen atoms in total. The van der Waals surface area contributed by atoms with Crippen molar-refractivity contribution in [3.8, 4) is 5.88 Å². The van der Waals surface area contributed by atoms with E-state index in [0.717, 1.165) is 0 Å². The zero-order chi connectivity index (χ0) is 11.1. The van der Waals surface area contributed by atoms with Gasteiger partial charge in [0.15, 0.2) is 0 Å². The SMILES string of the molecule is CCOc1ncccc1NC(=O)COC. The molecule has 1 heterocycles. The molecule has 0 fully saturated rings. The van der Waals surface area contributed by atoms with E-state index >= 15 is 0 Å². The second kappa shape index (κ2) is 5.98. The van der Waals surface area contributed by atoms with Crippen LogP contribution in [-0.4, -0.2) is 31.2 Å². The molecule has 0 aromatic carbocycles. The van der Waals surface area contributed by atoms with Crippen molar-refractivity contribution < 1.29 is 14.3 Å². The Labute approximate surface area is 88.4 Å². The molecule has 15 heavy (non-hydrogen) atoms. The number of aromatic nitrogens is 1. The van der Waals surface area contributed by atoms with Gasteiger partial charge in [0, 0.05) is 13.3 Å². The Bertz CT molecular complexity index is 328. The van der Waals surface area contributed by atoms with Crippen LogP contribution in [0.2, 0.25) is 0 Å². The van der Waals surface area contributed by atoms with Gasteiger partial charge >= 0.3 is 0 Å². The molecule has 1 amide bonds. The molecule has 0 bridgehead atoms. The van der Waals surface area contributed by atoms with Gasteiger partial charge < -0.3 is 14.8 Å². The Hall–Kier alpha value is -1.62. The van der Waals surface area contributed by atoms with Gasteiger partial charge in [-0.1, -0.05) is 0 Å². The third-order valence-corrected chi connectivity index (χ3v) is 1.60. The molecule has 1 aromatic rings. The standard InChI is InChI=1S/C10H14N2O3/c1-3-15-10-8(5-4-6-11-10)12-9(13)7-14-2/h4-6H,3,7H2,1-2H3,(H,12,13). The summed E-state index contributed by atoms with van der Waals surface area (Å²) in [6.45, 7) is 2.38. The number of hydrogen-bond donors (Lipinski definition) is 1. The summed E-state index contributed by atoms with van der Waals surface area (Å²) in [7, 11) is 1.46. The van der Waals surface area contributed by atoms with Crippen LogP contribution < -0.4 is 10.1 Å². The fraction of sp³-hybridized carbons (Fsp3) is 0.400. The number of rotatable bonds is 5. The van der Waals surface area contributed by atoms with Gasteiger partial charge in [0.25, 0.3) is 0 Å². The zero-order valence-electron chi connectivity index (χ0n) is 8.82. The number of carbonyl (C=O) groups is 1. The first kappa shape index (κ1) is 11.5. The molecule has 0 spiro atoms.